The Morgan fingerprint density at radius 1 is 1.04 bits per heavy atom. The number of aromatic amines is 1. The molecule has 132 valence electrons. The largest absolute Gasteiger partial charge is 0.496 e. The molecule has 0 saturated carbocycles. The molecule has 0 bridgehead atoms. The molecule has 4 aromatic rings. The van der Waals surface area contributed by atoms with Crippen LogP contribution in [0, 0.1) is 17.1 Å². The molecule has 0 aliphatic heterocycles. The second-order valence-corrected chi connectivity index (χ2v) is 6.48. The lowest BCUT2D eigenvalue weighted by molar-refractivity contribution is 0.416. The maximum Gasteiger partial charge on any atom is 0.134 e. The van der Waals surface area contributed by atoms with Crippen LogP contribution in [-0.4, -0.2) is 12.1 Å². The van der Waals surface area contributed by atoms with Crippen molar-refractivity contribution in [2.24, 2.45) is 0 Å². The number of rotatable bonds is 3. The minimum absolute atomic E-state index is 0.340. The summed E-state index contributed by atoms with van der Waals surface area (Å²) in [6, 6.07) is 19.8. The highest BCUT2D eigenvalue weighted by molar-refractivity contribution is 6.33. The first-order valence-corrected chi connectivity index (χ1v) is 8.65. The molecular formula is C22H14ClFN2O. The van der Waals surface area contributed by atoms with Gasteiger partial charge in [0.1, 0.15) is 11.6 Å². The molecule has 3 aromatic carbocycles. The topological polar surface area (TPSA) is 48.8 Å². The van der Waals surface area contributed by atoms with E-state index in [4.69, 9.17) is 16.3 Å². The first-order chi connectivity index (χ1) is 13.1. The highest BCUT2D eigenvalue weighted by Gasteiger charge is 2.15. The zero-order chi connectivity index (χ0) is 19.0. The Bertz CT molecular complexity index is 1190. The first kappa shape index (κ1) is 17.1. The molecular weight excluding hydrogens is 363 g/mol. The van der Waals surface area contributed by atoms with Gasteiger partial charge < -0.3 is 9.72 Å². The third kappa shape index (κ3) is 2.92. The number of hydrogen-bond donors (Lipinski definition) is 1. The van der Waals surface area contributed by atoms with Crippen molar-refractivity contribution in [1.29, 1.82) is 5.26 Å². The highest BCUT2D eigenvalue weighted by Crippen LogP contribution is 2.37. The predicted molar refractivity (Wildman–Crippen MR) is 105 cm³/mol. The molecule has 5 heteroatoms. The van der Waals surface area contributed by atoms with E-state index >= 15 is 0 Å². The monoisotopic (exact) mass is 376 g/mol. The maximum atomic E-state index is 14.2. The molecule has 1 N–H and O–H groups in total. The van der Waals surface area contributed by atoms with Gasteiger partial charge in [0.05, 0.1) is 35.0 Å². The molecule has 0 aliphatic carbocycles. The van der Waals surface area contributed by atoms with Crippen LogP contribution in [0.25, 0.3) is 33.3 Å². The quantitative estimate of drug-likeness (QED) is 0.464. The highest BCUT2D eigenvalue weighted by atomic mass is 35.5. The van der Waals surface area contributed by atoms with Crippen molar-refractivity contribution in [3.63, 3.8) is 0 Å². The Hall–Kier alpha value is -3.29. The van der Waals surface area contributed by atoms with E-state index in [-0.39, 0.29) is 5.82 Å². The van der Waals surface area contributed by atoms with Crippen molar-refractivity contribution in [3.8, 4) is 34.2 Å². The number of nitrogens with one attached hydrogen (secondary N) is 1. The molecule has 0 atom stereocenters. The molecule has 4 rings (SSSR count). The lowest BCUT2D eigenvalue weighted by Crippen LogP contribution is -1.91. The second-order valence-electron chi connectivity index (χ2n) is 6.08. The summed E-state index contributed by atoms with van der Waals surface area (Å²) in [5, 5.41) is 10.7. The van der Waals surface area contributed by atoms with Gasteiger partial charge in [0, 0.05) is 16.5 Å². The SMILES string of the molecule is COc1cccc(C#N)c1-c1ccc2[nH]c(-c3c(F)cccc3Cl)cc2c1. The van der Waals surface area contributed by atoms with Crippen LogP contribution in [0.4, 0.5) is 4.39 Å². The van der Waals surface area contributed by atoms with Gasteiger partial charge in [0.25, 0.3) is 0 Å². The summed E-state index contributed by atoms with van der Waals surface area (Å²) >= 11 is 6.19. The Labute approximate surface area is 160 Å². The standard InChI is InChI=1S/C22H14ClFN2O/c1-27-20-7-2-4-14(12-25)21(20)13-8-9-18-15(10-13)11-19(26-18)22-16(23)5-3-6-17(22)24/h2-11,26H,1H3. The summed E-state index contributed by atoms with van der Waals surface area (Å²) in [6.45, 7) is 0. The van der Waals surface area contributed by atoms with E-state index in [1.807, 2.05) is 30.3 Å². The smallest absolute Gasteiger partial charge is 0.134 e. The minimum atomic E-state index is -0.384. The Morgan fingerprint density at radius 3 is 2.59 bits per heavy atom. The molecule has 1 aromatic heterocycles. The third-order valence-electron chi connectivity index (χ3n) is 4.51. The number of ether oxygens (including phenoxy) is 1. The van der Waals surface area contributed by atoms with Crippen molar-refractivity contribution < 1.29 is 9.13 Å². The Balaban J connectivity index is 1.90. The van der Waals surface area contributed by atoms with E-state index < -0.39 is 0 Å². The van der Waals surface area contributed by atoms with E-state index in [9.17, 15) is 9.65 Å². The average Bonchev–Trinajstić information content (AvgIpc) is 3.09. The van der Waals surface area contributed by atoms with Crippen molar-refractivity contribution in [2.75, 3.05) is 7.11 Å². The lowest BCUT2D eigenvalue weighted by Gasteiger charge is -2.10. The van der Waals surface area contributed by atoms with Gasteiger partial charge in [-0.3, -0.25) is 0 Å². The fraction of sp³-hybridized carbons (Fsp3) is 0.0455. The van der Waals surface area contributed by atoms with Gasteiger partial charge in [-0.2, -0.15) is 5.26 Å². The first-order valence-electron chi connectivity index (χ1n) is 8.27. The zero-order valence-electron chi connectivity index (χ0n) is 14.4. The van der Waals surface area contributed by atoms with Gasteiger partial charge in [-0.05, 0) is 48.0 Å². The minimum Gasteiger partial charge on any atom is -0.496 e. The molecule has 0 radical (unpaired) electrons. The van der Waals surface area contributed by atoms with Gasteiger partial charge in [0.2, 0.25) is 0 Å². The van der Waals surface area contributed by atoms with Crippen molar-refractivity contribution >= 4 is 22.5 Å². The maximum absolute atomic E-state index is 14.2. The van der Waals surface area contributed by atoms with Gasteiger partial charge in [-0.15, -0.1) is 0 Å². The summed E-state index contributed by atoms with van der Waals surface area (Å²) < 4.78 is 19.7. The summed E-state index contributed by atoms with van der Waals surface area (Å²) in [4.78, 5) is 3.21. The van der Waals surface area contributed by atoms with Crippen LogP contribution in [0.15, 0.2) is 60.7 Å². The fourth-order valence-electron chi connectivity index (χ4n) is 3.27. The number of aromatic nitrogens is 1. The van der Waals surface area contributed by atoms with Crippen LogP contribution in [0.2, 0.25) is 5.02 Å². The zero-order valence-corrected chi connectivity index (χ0v) is 15.1. The van der Waals surface area contributed by atoms with Crippen LogP contribution in [0.1, 0.15) is 5.56 Å². The number of halogens is 2. The van der Waals surface area contributed by atoms with Crippen LogP contribution in [0.5, 0.6) is 5.75 Å². The molecule has 0 fully saturated rings. The van der Waals surface area contributed by atoms with E-state index in [1.165, 1.54) is 6.07 Å². The normalized spacial score (nSPS) is 10.7. The van der Waals surface area contributed by atoms with Gasteiger partial charge in [-0.25, -0.2) is 4.39 Å². The molecule has 0 amide bonds. The number of benzene rings is 3. The molecule has 0 aliphatic rings. The summed E-state index contributed by atoms with van der Waals surface area (Å²) in [5.41, 5.74) is 3.90. The van der Waals surface area contributed by atoms with Gasteiger partial charge >= 0.3 is 0 Å². The summed E-state index contributed by atoms with van der Waals surface area (Å²) in [5.74, 6) is 0.243. The third-order valence-corrected chi connectivity index (χ3v) is 4.82. The number of nitriles is 1. The number of methoxy groups -OCH3 is 1. The van der Waals surface area contributed by atoms with E-state index in [2.05, 4.69) is 11.1 Å². The van der Waals surface area contributed by atoms with Crippen molar-refractivity contribution in [2.45, 2.75) is 0 Å². The van der Waals surface area contributed by atoms with Crippen molar-refractivity contribution in [3.05, 3.63) is 77.1 Å². The molecule has 27 heavy (non-hydrogen) atoms. The average molecular weight is 377 g/mol. The van der Waals surface area contributed by atoms with E-state index in [0.29, 0.717) is 27.6 Å². The molecule has 3 nitrogen and oxygen atoms in total. The van der Waals surface area contributed by atoms with Crippen molar-refractivity contribution in [1.82, 2.24) is 4.98 Å². The summed E-state index contributed by atoms with van der Waals surface area (Å²) in [6.07, 6.45) is 0. The summed E-state index contributed by atoms with van der Waals surface area (Å²) in [7, 11) is 1.58. The lowest BCUT2D eigenvalue weighted by atomic mass is 9.98. The molecule has 0 spiro atoms. The van der Waals surface area contributed by atoms with Gasteiger partial charge in [-0.1, -0.05) is 29.8 Å². The number of H-pyrrole nitrogens is 1. The van der Waals surface area contributed by atoms with Crippen LogP contribution in [0.3, 0.4) is 0 Å². The van der Waals surface area contributed by atoms with Crippen LogP contribution < -0.4 is 4.74 Å². The molecule has 0 unspecified atom stereocenters. The van der Waals surface area contributed by atoms with E-state index in [0.717, 1.165) is 22.0 Å². The fourth-order valence-corrected chi connectivity index (χ4v) is 3.53. The Kier molecular flexibility index (Phi) is 4.31. The van der Waals surface area contributed by atoms with Crippen LogP contribution in [-0.2, 0) is 0 Å². The molecule has 0 saturated heterocycles. The molecule has 1 heterocycles. The number of hydrogen-bond acceptors (Lipinski definition) is 2. The van der Waals surface area contributed by atoms with Gasteiger partial charge in [0.15, 0.2) is 0 Å². The number of nitrogens with zero attached hydrogens (tertiary/aromatic N) is 1. The number of fused-ring (bicyclic) bond motifs is 1. The van der Waals surface area contributed by atoms with E-state index in [1.54, 1.807) is 31.4 Å². The second kappa shape index (κ2) is 6.79. The Morgan fingerprint density at radius 2 is 1.85 bits per heavy atom. The predicted octanol–water partition coefficient (Wildman–Crippen LogP) is 6.17. The van der Waals surface area contributed by atoms with Crippen LogP contribution >= 0.6 is 11.6 Å².